The molecule has 2 N–H and O–H groups in total. The van der Waals surface area contributed by atoms with E-state index in [-0.39, 0.29) is 6.04 Å². The first-order chi connectivity index (χ1) is 9.53. The number of fused-ring (bicyclic) bond motifs is 1. The van der Waals surface area contributed by atoms with Gasteiger partial charge in [-0.05, 0) is 38.7 Å². The average Bonchev–Trinajstić information content (AvgIpc) is 2.60. The standard InChI is InChI=1S/C17H27NO2/c1-4-10-17(3,19)12-18-15-9-6-11-20-16-13(2)7-5-8-14(15)16/h5,7-8,15,18-19H,4,6,9-12H2,1-3H3. The molecule has 0 spiro atoms. The van der Waals surface area contributed by atoms with Crippen LogP contribution in [0.4, 0.5) is 0 Å². The summed E-state index contributed by atoms with van der Waals surface area (Å²) in [5.41, 5.74) is 1.79. The van der Waals surface area contributed by atoms with Gasteiger partial charge in [-0.15, -0.1) is 0 Å². The number of ether oxygens (including phenoxy) is 1. The second-order valence-corrected chi connectivity index (χ2v) is 6.16. The Hall–Kier alpha value is -1.06. The fraction of sp³-hybridized carbons (Fsp3) is 0.647. The number of hydrogen-bond acceptors (Lipinski definition) is 3. The summed E-state index contributed by atoms with van der Waals surface area (Å²) in [7, 11) is 0. The minimum Gasteiger partial charge on any atom is -0.493 e. The highest BCUT2D eigenvalue weighted by Crippen LogP contribution is 2.34. The van der Waals surface area contributed by atoms with Gasteiger partial charge < -0.3 is 15.2 Å². The molecule has 2 unspecified atom stereocenters. The van der Waals surface area contributed by atoms with Crippen LogP contribution in [0.15, 0.2) is 18.2 Å². The zero-order valence-electron chi connectivity index (χ0n) is 12.9. The van der Waals surface area contributed by atoms with Crippen molar-refractivity contribution in [2.24, 2.45) is 0 Å². The van der Waals surface area contributed by atoms with Crippen molar-refractivity contribution in [1.29, 1.82) is 0 Å². The quantitative estimate of drug-likeness (QED) is 0.867. The lowest BCUT2D eigenvalue weighted by molar-refractivity contribution is 0.0468. The van der Waals surface area contributed by atoms with Gasteiger partial charge in [-0.25, -0.2) is 0 Å². The Balaban J connectivity index is 2.11. The smallest absolute Gasteiger partial charge is 0.126 e. The minimum absolute atomic E-state index is 0.274. The molecule has 0 fully saturated rings. The molecule has 3 heteroatoms. The average molecular weight is 277 g/mol. The van der Waals surface area contributed by atoms with Gasteiger partial charge in [0.15, 0.2) is 0 Å². The molecule has 112 valence electrons. The lowest BCUT2D eigenvalue weighted by Crippen LogP contribution is -2.39. The molecular weight excluding hydrogens is 250 g/mol. The van der Waals surface area contributed by atoms with Crippen molar-refractivity contribution in [2.75, 3.05) is 13.2 Å². The van der Waals surface area contributed by atoms with Gasteiger partial charge in [-0.1, -0.05) is 31.5 Å². The molecule has 1 aromatic rings. The van der Waals surface area contributed by atoms with Gasteiger partial charge in [0.25, 0.3) is 0 Å². The second-order valence-electron chi connectivity index (χ2n) is 6.16. The Morgan fingerprint density at radius 1 is 1.45 bits per heavy atom. The maximum Gasteiger partial charge on any atom is 0.126 e. The van der Waals surface area contributed by atoms with Gasteiger partial charge in [-0.3, -0.25) is 0 Å². The summed E-state index contributed by atoms with van der Waals surface area (Å²) in [5.74, 6) is 1.03. The molecule has 0 bridgehead atoms. The van der Waals surface area contributed by atoms with E-state index in [0.29, 0.717) is 6.54 Å². The van der Waals surface area contributed by atoms with E-state index in [9.17, 15) is 5.11 Å². The Morgan fingerprint density at radius 3 is 3.00 bits per heavy atom. The van der Waals surface area contributed by atoms with Crippen molar-refractivity contribution in [2.45, 2.75) is 58.1 Å². The normalized spacial score (nSPS) is 21.5. The Morgan fingerprint density at radius 2 is 2.25 bits per heavy atom. The summed E-state index contributed by atoms with van der Waals surface area (Å²) in [6, 6.07) is 6.59. The summed E-state index contributed by atoms with van der Waals surface area (Å²) in [5, 5.41) is 13.9. The van der Waals surface area contributed by atoms with Crippen molar-refractivity contribution in [1.82, 2.24) is 5.32 Å². The molecule has 2 atom stereocenters. The van der Waals surface area contributed by atoms with Crippen LogP contribution in [-0.2, 0) is 0 Å². The van der Waals surface area contributed by atoms with Crippen molar-refractivity contribution in [3.05, 3.63) is 29.3 Å². The van der Waals surface area contributed by atoms with Crippen LogP contribution in [0.2, 0.25) is 0 Å². The van der Waals surface area contributed by atoms with Gasteiger partial charge in [0.05, 0.1) is 12.2 Å². The van der Waals surface area contributed by atoms with Crippen LogP contribution in [0.5, 0.6) is 5.75 Å². The predicted octanol–water partition coefficient (Wildman–Crippen LogP) is 3.35. The monoisotopic (exact) mass is 277 g/mol. The first kappa shape index (κ1) is 15.3. The molecule has 2 rings (SSSR count). The zero-order chi connectivity index (χ0) is 14.6. The van der Waals surface area contributed by atoms with E-state index in [2.05, 4.69) is 37.4 Å². The summed E-state index contributed by atoms with van der Waals surface area (Å²) in [6.07, 6.45) is 3.92. The molecule has 0 saturated heterocycles. The molecule has 0 aromatic heterocycles. The van der Waals surface area contributed by atoms with Crippen molar-refractivity contribution in [3.63, 3.8) is 0 Å². The van der Waals surface area contributed by atoms with Crippen molar-refractivity contribution in [3.8, 4) is 5.75 Å². The van der Waals surface area contributed by atoms with Gasteiger partial charge in [-0.2, -0.15) is 0 Å². The van der Waals surface area contributed by atoms with E-state index in [1.54, 1.807) is 0 Å². The van der Waals surface area contributed by atoms with E-state index >= 15 is 0 Å². The first-order valence-electron chi connectivity index (χ1n) is 7.71. The Bertz CT molecular complexity index is 443. The maximum atomic E-state index is 10.3. The van der Waals surface area contributed by atoms with Crippen LogP contribution in [-0.4, -0.2) is 23.9 Å². The number of aryl methyl sites for hydroxylation is 1. The fourth-order valence-corrected chi connectivity index (χ4v) is 2.95. The summed E-state index contributed by atoms with van der Waals surface area (Å²) >= 11 is 0. The summed E-state index contributed by atoms with van der Waals surface area (Å²) in [6.45, 7) is 7.51. The van der Waals surface area contributed by atoms with Crippen LogP contribution >= 0.6 is 0 Å². The summed E-state index contributed by atoms with van der Waals surface area (Å²) < 4.78 is 5.89. The van der Waals surface area contributed by atoms with Gasteiger partial charge in [0.1, 0.15) is 5.75 Å². The van der Waals surface area contributed by atoms with E-state index in [1.807, 2.05) is 6.92 Å². The van der Waals surface area contributed by atoms with E-state index in [1.165, 1.54) is 11.1 Å². The molecule has 1 aromatic carbocycles. The fourth-order valence-electron chi connectivity index (χ4n) is 2.95. The van der Waals surface area contributed by atoms with Crippen molar-refractivity contribution >= 4 is 0 Å². The van der Waals surface area contributed by atoms with Gasteiger partial charge >= 0.3 is 0 Å². The van der Waals surface area contributed by atoms with Crippen LogP contribution < -0.4 is 10.1 Å². The van der Waals surface area contributed by atoms with Gasteiger partial charge in [0, 0.05) is 18.2 Å². The molecule has 0 aliphatic carbocycles. The molecule has 1 aliphatic heterocycles. The predicted molar refractivity (Wildman–Crippen MR) is 82.2 cm³/mol. The molecule has 0 amide bonds. The molecule has 1 heterocycles. The number of nitrogens with one attached hydrogen (secondary N) is 1. The van der Waals surface area contributed by atoms with Crippen LogP contribution in [0.25, 0.3) is 0 Å². The van der Waals surface area contributed by atoms with Crippen LogP contribution in [0.3, 0.4) is 0 Å². The number of hydrogen-bond donors (Lipinski definition) is 2. The number of aliphatic hydroxyl groups is 1. The largest absolute Gasteiger partial charge is 0.493 e. The van der Waals surface area contributed by atoms with Crippen LogP contribution in [0.1, 0.15) is 56.7 Å². The zero-order valence-corrected chi connectivity index (χ0v) is 12.9. The highest BCUT2D eigenvalue weighted by molar-refractivity contribution is 5.43. The third kappa shape index (κ3) is 3.74. The van der Waals surface area contributed by atoms with Gasteiger partial charge in [0.2, 0.25) is 0 Å². The summed E-state index contributed by atoms with van der Waals surface area (Å²) in [4.78, 5) is 0. The highest BCUT2D eigenvalue weighted by atomic mass is 16.5. The SMILES string of the molecule is CCCC(C)(O)CNC1CCCOc2c(C)cccc21. The topological polar surface area (TPSA) is 41.5 Å². The molecule has 0 radical (unpaired) electrons. The Kier molecular flexibility index (Phi) is 5.06. The third-order valence-electron chi connectivity index (χ3n) is 4.02. The maximum absolute atomic E-state index is 10.3. The third-order valence-corrected chi connectivity index (χ3v) is 4.02. The lowest BCUT2D eigenvalue weighted by atomic mass is 9.96. The van der Waals surface area contributed by atoms with E-state index in [4.69, 9.17) is 4.74 Å². The highest BCUT2D eigenvalue weighted by Gasteiger charge is 2.24. The molecule has 3 nitrogen and oxygen atoms in total. The molecular formula is C17H27NO2. The Labute approximate surface area is 122 Å². The van der Waals surface area contributed by atoms with Crippen molar-refractivity contribution < 1.29 is 9.84 Å². The first-order valence-corrected chi connectivity index (χ1v) is 7.71. The molecule has 20 heavy (non-hydrogen) atoms. The van der Waals surface area contributed by atoms with Crippen LogP contribution in [0, 0.1) is 6.92 Å². The molecule has 0 saturated carbocycles. The van der Waals surface area contributed by atoms with E-state index < -0.39 is 5.60 Å². The lowest BCUT2D eigenvalue weighted by Gasteiger charge is -2.27. The number of para-hydroxylation sites is 1. The minimum atomic E-state index is -0.633. The van der Waals surface area contributed by atoms with E-state index in [0.717, 1.165) is 38.0 Å². The number of rotatable bonds is 5. The number of benzene rings is 1. The second kappa shape index (κ2) is 6.59. The molecule has 1 aliphatic rings.